The Kier molecular flexibility index (Phi) is 7.97. The topological polar surface area (TPSA) is 70.6 Å². The van der Waals surface area contributed by atoms with Crippen LogP contribution in [-0.2, 0) is 14.8 Å². The second kappa shape index (κ2) is 9.99. The summed E-state index contributed by atoms with van der Waals surface area (Å²) in [6.45, 7) is 6.65. The van der Waals surface area contributed by atoms with E-state index in [2.05, 4.69) is 4.98 Å². The number of hydrogen-bond donors (Lipinski definition) is 0. The molecule has 9 heteroatoms. The fourth-order valence-corrected chi connectivity index (χ4v) is 4.78. The number of amides is 1. The van der Waals surface area contributed by atoms with E-state index in [1.165, 1.54) is 40.5 Å². The monoisotopic (exact) mass is 425 g/mol. The molecule has 0 spiro atoms. The Balaban J connectivity index is 2.04. The number of nitrogens with zero attached hydrogens (tertiary/aromatic N) is 3. The molecule has 0 bridgehead atoms. The van der Waals surface area contributed by atoms with Crippen molar-refractivity contribution in [1.82, 2.24) is 9.29 Å². The summed E-state index contributed by atoms with van der Waals surface area (Å²) in [4.78, 5) is 18.4. The molecule has 1 aromatic carbocycles. The zero-order valence-corrected chi connectivity index (χ0v) is 17.8. The first-order valence-corrected chi connectivity index (χ1v) is 11.4. The normalized spacial score (nSPS) is 11.6. The molecule has 1 amide bonds. The van der Waals surface area contributed by atoms with Crippen LogP contribution in [0.15, 0.2) is 52.5 Å². The maximum atomic E-state index is 13.1. The van der Waals surface area contributed by atoms with Crippen LogP contribution in [0.3, 0.4) is 0 Å². The zero-order valence-electron chi connectivity index (χ0n) is 16.1. The molecule has 28 heavy (non-hydrogen) atoms. The number of pyridine rings is 1. The van der Waals surface area contributed by atoms with Gasteiger partial charge < -0.3 is 4.90 Å². The summed E-state index contributed by atoms with van der Waals surface area (Å²) in [5.41, 5.74) is 0.628. The quantitative estimate of drug-likeness (QED) is 0.576. The van der Waals surface area contributed by atoms with E-state index in [9.17, 15) is 17.6 Å². The Hall–Kier alpha value is -1.97. The van der Waals surface area contributed by atoms with Gasteiger partial charge in [0.15, 0.2) is 0 Å². The highest BCUT2D eigenvalue weighted by molar-refractivity contribution is 7.99. The van der Waals surface area contributed by atoms with E-state index in [4.69, 9.17) is 0 Å². The molecule has 1 heterocycles. The van der Waals surface area contributed by atoms with Crippen LogP contribution in [0.25, 0.3) is 0 Å². The van der Waals surface area contributed by atoms with E-state index in [1.54, 1.807) is 36.9 Å². The number of carbonyl (C=O) groups is 1. The summed E-state index contributed by atoms with van der Waals surface area (Å²) in [6.07, 6.45) is 1.32. The fourth-order valence-electron chi connectivity index (χ4n) is 2.65. The standard InChI is InChI=1S/C19H24FN3O3S2/c1-4-22(5-2)28(25,26)17-11-12-18(21-13-17)27-14-19(24)23(6-3)16-9-7-15(20)8-10-16/h7-13H,4-6,14H2,1-3H3. The Morgan fingerprint density at radius 2 is 1.68 bits per heavy atom. The van der Waals surface area contributed by atoms with Gasteiger partial charge in [-0.15, -0.1) is 0 Å². The minimum absolute atomic E-state index is 0.133. The van der Waals surface area contributed by atoms with Crippen molar-refractivity contribution in [2.75, 3.05) is 30.3 Å². The minimum atomic E-state index is -3.55. The first-order valence-electron chi connectivity index (χ1n) is 8.98. The molecule has 2 aromatic rings. The Morgan fingerprint density at radius 1 is 1.04 bits per heavy atom. The van der Waals surface area contributed by atoms with Gasteiger partial charge in [-0.25, -0.2) is 17.8 Å². The number of halogens is 1. The lowest BCUT2D eigenvalue weighted by Crippen LogP contribution is -2.32. The second-order valence-electron chi connectivity index (χ2n) is 5.82. The van der Waals surface area contributed by atoms with Gasteiger partial charge in [0.1, 0.15) is 10.7 Å². The molecule has 0 unspecified atom stereocenters. The molecule has 0 N–H and O–H groups in total. The highest BCUT2D eigenvalue weighted by atomic mass is 32.2. The highest BCUT2D eigenvalue weighted by Crippen LogP contribution is 2.22. The smallest absolute Gasteiger partial charge is 0.244 e. The summed E-state index contributed by atoms with van der Waals surface area (Å²) in [5.74, 6) is -0.355. The van der Waals surface area contributed by atoms with Crippen LogP contribution in [0.1, 0.15) is 20.8 Å². The number of rotatable bonds is 9. The van der Waals surface area contributed by atoms with Crippen molar-refractivity contribution in [3.05, 3.63) is 48.4 Å². The van der Waals surface area contributed by atoms with Gasteiger partial charge in [-0.05, 0) is 43.3 Å². The van der Waals surface area contributed by atoms with Crippen LogP contribution in [0.2, 0.25) is 0 Å². The van der Waals surface area contributed by atoms with Crippen molar-refractivity contribution in [1.29, 1.82) is 0 Å². The SMILES string of the molecule is CCN(C(=O)CSc1ccc(S(=O)(=O)N(CC)CC)cn1)c1ccc(F)cc1. The number of anilines is 1. The fraction of sp³-hybridized carbons (Fsp3) is 0.368. The number of thioether (sulfide) groups is 1. The van der Waals surface area contributed by atoms with E-state index in [0.717, 1.165) is 0 Å². The molecular weight excluding hydrogens is 401 g/mol. The van der Waals surface area contributed by atoms with Crippen molar-refractivity contribution in [3.8, 4) is 0 Å². The Labute approximate surface area is 169 Å². The van der Waals surface area contributed by atoms with E-state index in [1.807, 2.05) is 6.92 Å². The van der Waals surface area contributed by atoms with Crippen LogP contribution in [-0.4, -0.2) is 49.0 Å². The van der Waals surface area contributed by atoms with Crippen molar-refractivity contribution >= 4 is 33.4 Å². The second-order valence-corrected chi connectivity index (χ2v) is 8.76. The molecule has 0 atom stereocenters. The summed E-state index contributed by atoms with van der Waals surface area (Å²) in [6, 6.07) is 8.86. The third kappa shape index (κ3) is 5.30. The molecule has 0 radical (unpaired) electrons. The molecule has 2 rings (SSSR count). The minimum Gasteiger partial charge on any atom is -0.312 e. The average molecular weight is 426 g/mol. The largest absolute Gasteiger partial charge is 0.312 e. The molecular formula is C19H24FN3O3S2. The van der Waals surface area contributed by atoms with Crippen LogP contribution in [0.5, 0.6) is 0 Å². The van der Waals surface area contributed by atoms with E-state index < -0.39 is 10.0 Å². The van der Waals surface area contributed by atoms with Gasteiger partial charge in [0, 0.05) is 31.5 Å². The summed E-state index contributed by atoms with van der Waals surface area (Å²) >= 11 is 1.22. The lowest BCUT2D eigenvalue weighted by Gasteiger charge is -2.21. The molecule has 0 aliphatic heterocycles. The molecule has 0 aliphatic carbocycles. The van der Waals surface area contributed by atoms with Gasteiger partial charge in [-0.3, -0.25) is 4.79 Å². The molecule has 0 fully saturated rings. The van der Waals surface area contributed by atoms with Gasteiger partial charge in [-0.2, -0.15) is 4.31 Å². The molecule has 0 saturated carbocycles. The van der Waals surface area contributed by atoms with Crippen molar-refractivity contribution < 1.29 is 17.6 Å². The van der Waals surface area contributed by atoms with Gasteiger partial charge in [0.25, 0.3) is 0 Å². The molecule has 152 valence electrons. The maximum absolute atomic E-state index is 13.1. The third-order valence-electron chi connectivity index (χ3n) is 4.15. The first-order chi connectivity index (χ1) is 13.3. The molecule has 6 nitrogen and oxygen atoms in total. The zero-order chi connectivity index (χ0) is 20.7. The lowest BCUT2D eigenvalue weighted by molar-refractivity contribution is -0.116. The molecule has 0 saturated heterocycles. The van der Waals surface area contributed by atoms with Gasteiger partial charge in [0.2, 0.25) is 15.9 Å². The van der Waals surface area contributed by atoms with Crippen molar-refractivity contribution in [2.24, 2.45) is 0 Å². The van der Waals surface area contributed by atoms with Crippen LogP contribution in [0, 0.1) is 5.82 Å². The van der Waals surface area contributed by atoms with Gasteiger partial charge in [0.05, 0.1) is 10.8 Å². The Morgan fingerprint density at radius 3 is 2.18 bits per heavy atom. The summed E-state index contributed by atoms with van der Waals surface area (Å²) < 4.78 is 39.4. The van der Waals surface area contributed by atoms with E-state index >= 15 is 0 Å². The summed E-state index contributed by atoms with van der Waals surface area (Å²) in [5, 5.41) is 0.557. The van der Waals surface area contributed by atoms with Crippen LogP contribution in [0.4, 0.5) is 10.1 Å². The third-order valence-corrected chi connectivity index (χ3v) is 7.11. The summed E-state index contributed by atoms with van der Waals surface area (Å²) in [7, 11) is -3.55. The Bertz CT molecular complexity index is 884. The number of sulfonamides is 1. The predicted octanol–water partition coefficient (Wildman–Crippen LogP) is 3.40. The number of carbonyl (C=O) groups excluding carboxylic acids is 1. The van der Waals surface area contributed by atoms with Gasteiger partial charge in [-0.1, -0.05) is 25.6 Å². The van der Waals surface area contributed by atoms with E-state index in [-0.39, 0.29) is 22.4 Å². The maximum Gasteiger partial charge on any atom is 0.244 e. The highest BCUT2D eigenvalue weighted by Gasteiger charge is 2.22. The van der Waals surface area contributed by atoms with Crippen molar-refractivity contribution in [3.63, 3.8) is 0 Å². The van der Waals surface area contributed by atoms with Crippen LogP contribution < -0.4 is 4.90 Å². The number of aromatic nitrogens is 1. The van der Waals surface area contributed by atoms with Crippen molar-refractivity contribution in [2.45, 2.75) is 30.7 Å². The number of hydrogen-bond acceptors (Lipinski definition) is 5. The first kappa shape index (κ1) is 22.3. The van der Waals surface area contributed by atoms with Crippen LogP contribution >= 0.6 is 11.8 Å². The lowest BCUT2D eigenvalue weighted by atomic mass is 10.3. The predicted molar refractivity (Wildman–Crippen MR) is 109 cm³/mol. The number of benzene rings is 1. The molecule has 0 aliphatic rings. The molecule has 1 aromatic heterocycles. The van der Waals surface area contributed by atoms with Gasteiger partial charge >= 0.3 is 0 Å². The average Bonchev–Trinajstić information content (AvgIpc) is 2.69. The van der Waals surface area contributed by atoms with E-state index in [0.29, 0.717) is 30.3 Å².